The van der Waals surface area contributed by atoms with Crippen molar-refractivity contribution in [2.75, 3.05) is 19.6 Å². The van der Waals surface area contributed by atoms with Gasteiger partial charge >= 0.3 is 0 Å². The molecule has 2 N–H and O–H groups in total. The molecule has 1 heterocycles. The van der Waals surface area contributed by atoms with E-state index in [0.717, 1.165) is 13.1 Å². The van der Waals surface area contributed by atoms with Gasteiger partial charge in [0.2, 0.25) is 5.91 Å². The van der Waals surface area contributed by atoms with E-state index in [1.807, 2.05) is 6.07 Å². The van der Waals surface area contributed by atoms with Gasteiger partial charge in [-0.15, -0.1) is 0 Å². The van der Waals surface area contributed by atoms with Gasteiger partial charge in [0, 0.05) is 13.1 Å². The summed E-state index contributed by atoms with van der Waals surface area (Å²) in [5.41, 5.74) is 0. The van der Waals surface area contributed by atoms with Crippen molar-refractivity contribution in [3.63, 3.8) is 0 Å². The minimum absolute atomic E-state index is 0.0766. The van der Waals surface area contributed by atoms with Crippen LogP contribution in [0.2, 0.25) is 0 Å². The maximum atomic E-state index is 11.5. The molecule has 0 radical (unpaired) electrons. The molecule has 0 aromatic carbocycles. The van der Waals surface area contributed by atoms with Crippen molar-refractivity contribution in [1.29, 1.82) is 5.26 Å². The van der Waals surface area contributed by atoms with E-state index in [0.29, 0.717) is 18.9 Å². The predicted molar refractivity (Wildman–Crippen MR) is 48.8 cm³/mol. The van der Waals surface area contributed by atoms with Crippen molar-refractivity contribution in [3.8, 4) is 6.07 Å². The van der Waals surface area contributed by atoms with Gasteiger partial charge in [-0.3, -0.25) is 4.79 Å². The van der Waals surface area contributed by atoms with E-state index in [9.17, 15) is 4.79 Å². The summed E-state index contributed by atoms with van der Waals surface area (Å²) < 4.78 is 0. The van der Waals surface area contributed by atoms with E-state index in [1.165, 1.54) is 0 Å². The number of amides is 1. The Hall–Kier alpha value is -1.08. The second-order valence-corrected chi connectivity index (χ2v) is 3.44. The van der Waals surface area contributed by atoms with E-state index in [4.69, 9.17) is 5.26 Å². The van der Waals surface area contributed by atoms with Crippen molar-refractivity contribution < 1.29 is 4.79 Å². The summed E-state index contributed by atoms with van der Waals surface area (Å²) in [4.78, 5) is 11.5. The first-order chi connectivity index (χ1) is 6.25. The minimum Gasteiger partial charge on any atom is -0.355 e. The molecule has 1 rings (SSSR count). The molecule has 2 atom stereocenters. The second-order valence-electron chi connectivity index (χ2n) is 3.44. The van der Waals surface area contributed by atoms with Gasteiger partial charge in [-0.1, -0.05) is 6.92 Å². The molecule has 1 aliphatic heterocycles. The lowest BCUT2D eigenvalue weighted by Gasteiger charge is -2.12. The molecule has 0 aromatic heterocycles. The summed E-state index contributed by atoms with van der Waals surface area (Å²) >= 11 is 0. The van der Waals surface area contributed by atoms with E-state index in [2.05, 4.69) is 17.6 Å². The van der Waals surface area contributed by atoms with Gasteiger partial charge in [0.1, 0.15) is 0 Å². The molecule has 0 saturated carbocycles. The lowest BCUT2D eigenvalue weighted by Crippen LogP contribution is -2.34. The highest BCUT2D eigenvalue weighted by Crippen LogP contribution is 2.15. The summed E-state index contributed by atoms with van der Waals surface area (Å²) in [6, 6.07) is 1.99. The smallest absolute Gasteiger partial charge is 0.224 e. The van der Waals surface area contributed by atoms with Crippen molar-refractivity contribution in [2.24, 2.45) is 11.8 Å². The number of carbonyl (C=O) groups is 1. The summed E-state index contributed by atoms with van der Waals surface area (Å²) in [6.07, 6.45) is 0.389. The summed E-state index contributed by atoms with van der Waals surface area (Å²) in [5, 5.41) is 14.2. The van der Waals surface area contributed by atoms with Gasteiger partial charge < -0.3 is 10.6 Å². The van der Waals surface area contributed by atoms with Crippen molar-refractivity contribution in [2.45, 2.75) is 13.3 Å². The Labute approximate surface area is 78.3 Å². The number of nitrogens with one attached hydrogen (secondary N) is 2. The summed E-state index contributed by atoms with van der Waals surface area (Å²) in [5.74, 6) is 0.563. The Kier molecular flexibility index (Phi) is 3.71. The van der Waals surface area contributed by atoms with Crippen LogP contribution in [-0.2, 0) is 4.79 Å². The van der Waals surface area contributed by atoms with Crippen LogP contribution in [0.3, 0.4) is 0 Å². The topological polar surface area (TPSA) is 64.9 Å². The molecule has 0 aromatic rings. The van der Waals surface area contributed by atoms with E-state index < -0.39 is 0 Å². The Morgan fingerprint density at radius 2 is 2.46 bits per heavy atom. The zero-order chi connectivity index (χ0) is 9.68. The zero-order valence-corrected chi connectivity index (χ0v) is 7.84. The molecule has 2 unspecified atom stereocenters. The predicted octanol–water partition coefficient (Wildman–Crippen LogP) is -0.128. The molecule has 4 heteroatoms. The molecule has 1 fully saturated rings. The van der Waals surface area contributed by atoms with Crippen LogP contribution < -0.4 is 10.6 Å². The normalized spacial score (nSPS) is 26.8. The fourth-order valence-electron chi connectivity index (χ4n) is 1.53. The Balaban J connectivity index is 2.27. The monoisotopic (exact) mass is 181 g/mol. The molecular weight excluding hydrogens is 166 g/mol. The highest BCUT2D eigenvalue weighted by atomic mass is 16.1. The quantitative estimate of drug-likeness (QED) is 0.596. The summed E-state index contributed by atoms with van der Waals surface area (Å²) in [6.45, 7) is 4.21. The fourth-order valence-corrected chi connectivity index (χ4v) is 1.53. The molecule has 72 valence electrons. The number of hydrogen-bond donors (Lipinski definition) is 2. The Morgan fingerprint density at radius 3 is 3.00 bits per heavy atom. The van der Waals surface area contributed by atoms with E-state index in [-0.39, 0.29) is 11.8 Å². The molecule has 4 nitrogen and oxygen atoms in total. The molecule has 0 bridgehead atoms. The first-order valence-corrected chi connectivity index (χ1v) is 4.61. The molecule has 0 spiro atoms. The van der Waals surface area contributed by atoms with Gasteiger partial charge in [-0.2, -0.15) is 5.26 Å². The van der Waals surface area contributed by atoms with Crippen LogP contribution in [0.5, 0.6) is 0 Å². The third kappa shape index (κ3) is 2.71. The largest absolute Gasteiger partial charge is 0.355 e. The Bertz CT molecular complexity index is 221. The van der Waals surface area contributed by atoms with Gasteiger partial charge in [-0.05, 0) is 12.5 Å². The van der Waals surface area contributed by atoms with Crippen molar-refractivity contribution in [1.82, 2.24) is 10.6 Å². The average molecular weight is 181 g/mol. The van der Waals surface area contributed by atoms with Crippen molar-refractivity contribution >= 4 is 5.91 Å². The van der Waals surface area contributed by atoms with Crippen LogP contribution >= 0.6 is 0 Å². The number of nitriles is 1. The first-order valence-electron chi connectivity index (χ1n) is 4.61. The lowest BCUT2D eigenvalue weighted by molar-refractivity contribution is -0.125. The van der Waals surface area contributed by atoms with Crippen LogP contribution in [0.15, 0.2) is 0 Å². The van der Waals surface area contributed by atoms with Crippen LogP contribution in [0.4, 0.5) is 0 Å². The van der Waals surface area contributed by atoms with Crippen molar-refractivity contribution in [3.05, 3.63) is 0 Å². The molecule has 13 heavy (non-hydrogen) atoms. The molecule has 1 aliphatic rings. The minimum atomic E-state index is 0.0766. The number of rotatable bonds is 3. The van der Waals surface area contributed by atoms with E-state index in [1.54, 1.807) is 0 Å². The van der Waals surface area contributed by atoms with Crippen LogP contribution in [0, 0.1) is 23.2 Å². The zero-order valence-electron chi connectivity index (χ0n) is 7.84. The maximum absolute atomic E-state index is 11.5. The number of hydrogen-bond acceptors (Lipinski definition) is 3. The maximum Gasteiger partial charge on any atom is 0.224 e. The third-order valence-corrected chi connectivity index (χ3v) is 2.39. The Morgan fingerprint density at radius 1 is 1.69 bits per heavy atom. The molecule has 1 saturated heterocycles. The van der Waals surface area contributed by atoms with Crippen LogP contribution in [-0.4, -0.2) is 25.5 Å². The van der Waals surface area contributed by atoms with E-state index >= 15 is 0 Å². The highest BCUT2D eigenvalue weighted by Gasteiger charge is 2.28. The lowest BCUT2D eigenvalue weighted by atomic mass is 9.97. The third-order valence-electron chi connectivity index (χ3n) is 2.39. The number of nitrogens with zero attached hydrogens (tertiary/aromatic N) is 1. The molecule has 0 aliphatic carbocycles. The standard InChI is InChI=1S/C9H15N3O/c1-7-5-11-6-8(7)9(13)12-4-2-3-10/h7-8,11H,2,4-6H2,1H3,(H,12,13). The van der Waals surface area contributed by atoms with Gasteiger partial charge in [0.05, 0.1) is 18.4 Å². The van der Waals surface area contributed by atoms with Crippen LogP contribution in [0.25, 0.3) is 0 Å². The molecule has 1 amide bonds. The fraction of sp³-hybridized carbons (Fsp3) is 0.778. The van der Waals surface area contributed by atoms with Gasteiger partial charge in [-0.25, -0.2) is 0 Å². The van der Waals surface area contributed by atoms with Crippen LogP contribution in [0.1, 0.15) is 13.3 Å². The SMILES string of the molecule is CC1CNCC1C(=O)NCCC#N. The average Bonchev–Trinajstić information content (AvgIpc) is 2.52. The van der Waals surface area contributed by atoms with Gasteiger partial charge in [0.25, 0.3) is 0 Å². The highest BCUT2D eigenvalue weighted by molar-refractivity contribution is 5.79. The first kappa shape index (κ1) is 10.0. The number of carbonyl (C=O) groups excluding carboxylic acids is 1. The summed E-state index contributed by atoms with van der Waals surface area (Å²) in [7, 11) is 0. The van der Waals surface area contributed by atoms with Gasteiger partial charge in [0.15, 0.2) is 0 Å². The molecular formula is C9H15N3O. The second kappa shape index (κ2) is 4.83.